The summed E-state index contributed by atoms with van der Waals surface area (Å²) in [6, 6.07) is 0. The van der Waals surface area contributed by atoms with Gasteiger partial charge in [0.15, 0.2) is 0 Å². The van der Waals surface area contributed by atoms with E-state index in [4.69, 9.17) is 0 Å². The van der Waals surface area contributed by atoms with Crippen molar-refractivity contribution in [2.24, 2.45) is 0 Å². The van der Waals surface area contributed by atoms with E-state index < -0.39 is 0 Å². The molecule has 0 spiro atoms. The van der Waals surface area contributed by atoms with Gasteiger partial charge in [-0.05, 0) is 0 Å². The maximum absolute atomic E-state index is 4.50. The average Bonchev–Trinajstić information content (AvgIpc) is 2.90. The largest absolute Gasteiger partial charge is 2.00 e. The van der Waals surface area contributed by atoms with Gasteiger partial charge in [-0.15, -0.1) is 0 Å². The first kappa shape index (κ1) is 18.5. The summed E-state index contributed by atoms with van der Waals surface area (Å²) in [5, 5.41) is 0. The Bertz CT molecular complexity index is 36.3. The zero-order valence-corrected chi connectivity index (χ0v) is 10.2. The van der Waals surface area contributed by atoms with Gasteiger partial charge in [-0.1, -0.05) is 26.7 Å². The molecule has 0 N–H and O–H groups in total. The third-order valence-electron chi connectivity index (χ3n) is 0.911. The summed E-state index contributed by atoms with van der Waals surface area (Å²) in [6.45, 7) is 13.4. The Labute approximate surface area is 94.4 Å². The third kappa shape index (κ3) is 73.1. The zero-order chi connectivity index (χ0) is 8.95. The number of hydrogen-bond donors (Lipinski definition) is 0. The SMILES string of the molecule is C1CO1.[CH2-]CCC.[CH2-]CCC.[Mg+2]. The van der Waals surface area contributed by atoms with Crippen LogP contribution in [0.5, 0.6) is 0 Å². The second-order valence-corrected chi connectivity index (χ2v) is 2.32. The van der Waals surface area contributed by atoms with Crippen molar-refractivity contribution < 1.29 is 4.74 Å². The Morgan fingerprint density at radius 3 is 1.17 bits per heavy atom. The normalized spacial score (nSPS) is 11.0. The van der Waals surface area contributed by atoms with Crippen LogP contribution in [0, 0.1) is 13.8 Å². The molecule has 0 aromatic rings. The smallest absolute Gasteiger partial charge is 0.377 e. The molecule has 0 aromatic carbocycles. The van der Waals surface area contributed by atoms with Gasteiger partial charge in [0.05, 0.1) is 13.2 Å². The third-order valence-corrected chi connectivity index (χ3v) is 0.911. The van der Waals surface area contributed by atoms with Crippen LogP contribution in [-0.4, -0.2) is 36.3 Å². The first-order valence-electron chi connectivity index (χ1n) is 4.49. The standard InChI is InChI=1S/2C4H9.C2H4O.Mg/c2*1-3-4-2;1-2-3-1;/h2*1,3-4H2,2H3;1-2H2;/q2*-1;;+2. The van der Waals surface area contributed by atoms with E-state index in [1.807, 2.05) is 0 Å². The predicted molar refractivity (Wildman–Crippen MR) is 57.1 cm³/mol. The second kappa shape index (κ2) is 22.6. The van der Waals surface area contributed by atoms with E-state index in [9.17, 15) is 0 Å². The maximum atomic E-state index is 4.50. The van der Waals surface area contributed by atoms with Gasteiger partial charge in [-0.3, -0.25) is 0 Å². The molecule has 0 aromatic heterocycles. The van der Waals surface area contributed by atoms with Gasteiger partial charge >= 0.3 is 23.1 Å². The van der Waals surface area contributed by atoms with Gasteiger partial charge in [0.25, 0.3) is 0 Å². The zero-order valence-electron chi connectivity index (χ0n) is 8.77. The molecule has 1 nitrogen and oxygen atoms in total. The molecule has 0 unspecified atom stereocenters. The van der Waals surface area contributed by atoms with Crippen molar-refractivity contribution >= 4 is 23.1 Å². The topological polar surface area (TPSA) is 12.5 Å². The Morgan fingerprint density at radius 1 is 1.00 bits per heavy atom. The molecular formula is C10H22MgO. The molecule has 1 rings (SSSR count). The first-order chi connectivity index (χ1) is 5.33. The van der Waals surface area contributed by atoms with Gasteiger partial charge in [0, 0.05) is 0 Å². The Morgan fingerprint density at radius 2 is 1.17 bits per heavy atom. The molecule has 0 aliphatic carbocycles. The van der Waals surface area contributed by atoms with Crippen LogP contribution in [0.25, 0.3) is 0 Å². The summed E-state index contributed by atoms with van der Waals surface area (Å²) in [7, 11) is 0. The fraction of sp³-hybridized carbons (Fsp3) is 0.800. The van der Waals surface area contributed by atoms with Gasteiger partial charge in [0.2, 0.25) is 0 Å². The summed E-state index contributed by atoms with van der Waals surface area (Å²) in [5.74, 6) is 0. The molecule has 1 saturated heterocycles. The summed E-state index contributed by atoms with van der Waals surface area (Å²) >= 11 is 0. The molecule has 2 heteroatoms. The summed E-state index contributed by atoms with van der Waals surface area (Å²) < 4.78 is 4.50. The minimum atomic E-state index is 0. The number of unbranched alkanes of at least 4 members (excludes halogenated alkanes) is 2. The van der Waals surface area contributed by atoms with E-state index >= 15 is 0 Å². The van der Waals surface area contributed by atoms with Crippen LogP contribution < -0.4 is 0 Å². The van der Waals surface area contributed by atoms with Crippen molar-refractivity contribution in [2.45, 2.75) is 39.5 Å². The quantitative estimate of drug-likeness (QED) is 0.364. The van der Waals surface area contributed by atoms with Crippen LogP contribution in [0.3, 0.4) is 0 Å². The minimum absolute atomic E-state index is 0. The van der Waals surface area contributed by atoms with E-state index in [-0.39, 0.29) is 23.1 Å². The van der Waals surface area contributed by atoms with E-state index in [0.29, 0.717) is 0 Å². The molecular weight excluding hydrogens is 160 g/mol. The van der Waals surface area contributed by atoms with Gasteiger partial charge in [-0.25, -0.2) is 0 Å². The van der Waals surface area contributed by atoms with Crippen molar-refractivity contribution in [3.05, 3.63) is 13.8 Å². The molecule has 1 heterocycles. The van der Waals surface area contributed by atoms with Crippen molar-refractivity contribution in [3.63, 3.8) is 0 Å². The number of epoxide rings is 1. The van der Waals surface area contributed by atoms with Crippen molar-refractivity contribution in [3.8, 4) is 0 Å². The molecule has 70 valence electrons. The molecule has 0 radical (unpaired) electrons. The fourth-order valence-electron chi connectivity index (χ4n) is 0. The molecule has 1 aliphatic heterocycles. The Kier molecular flexibility index (Phi) is 34.8. The van der Waals surface area contributed by atoms with Crippen LogP contribution in [0.4, 0.5) is 0 Å². The molecule has 0 amide bonds. The van der Waals surface area contributed by atoms with Crippen molar-refractivity contribution in [1.29, 1.82) is 0 Å². The number of hydrogen-bond acceptors (Lipinski definition) is 1. The maximum Gasteiger partial charge on any atom is 2.00 e. The molecule has 0 atom stereocenters. The number of ether oxygens (including phenoxy) is 1. The van der Waals surface area contributed by atoms with Gasteiger partial charge in [-0.2, -0.15) is 12.8 Å². The van der Waals surface area contributed by atoms with Crippen molar-refractivity contribution in [2.75, 3.05) is 13.2 Å². The van der Waals surface area contributed by atoms with Crippen LogP contribution in [0.2, 0.25) is 0 Å². The Hall–Kier alpha value is 0.726. The molecule has 1 fully saturated rings. The first-order valence-corrected chi connectivity index (χ1v) is 4.49. The molecule has 12 heavy (non-hydrogen) atoms. The molecule has 0 bridgehead atoms. The summed E-state index contributed by atoms with van der Waals surface area (Å²) in [4.78, 5) is 0. The predicted octanol–water partition coefficient (Wildman–Crippen LogP) is 2.88. The van der Waals surface area contributed by atoms with Crippen LogP contribution >= 0.6 is 0 Å². The van der Waals surface area contributed by atoms with E-state index in [0.717, 1.165) is 26.1 Å². The molecule has 1 aliphatic rings. The monoisotopic (exact) mass is 182 g/mol. The van der Waals surface area contributed by atoms with E-state index in [2.05, 4.69) is 32.4 Å². The van der Waals surface area contributed by atoms with Crippen LogP contribution in [0.1, 0.15) is 39.5 Å². The van der Waals surface area contributed by atoms with E-state index in [1.165, 1.54) is 12.8 Å². The minimum Gasteiger partial charge on any atom is -0.377 e. The van der Waals surface area contributed by atoms with Crippen LogP contribution in [-0.2, 0) is 4.74 Å². The van der Waals surface area contributed by atoms with E-state index in [1.54, 1.807) is 0 Å². The average molecular weight is 183 g/mol. The Balaban J connectivity index is -0.0000000975. The second-order valence-electron chi connectivity index (χ2n) is 2.32. The van der Waals surface area contributed by atoms with Gasteiger partial charge < -0.3 is 18.6 Å². The van der Waals surface area contributed by atoms with Crippen molar-refractivity contribution in [1.82, 2.24) is 0 Å². The number of rotatable bonds is 2. The summed E-state index contributed by atoms with van der Waals surface area (Å²) in [6.07, 6.45) is 4.56. The van der Waals surface area contributed by atoms with Crippen LogP contribution in [0.15, 0.2) is 0 Å². The summed E-state index contributed by atoms with van der Waals surface area (Å²) in [5.41, 5.74) is 0. The fourth-order valence-corrected chi connectivity index (χ4v) is 0. The molecule has 0 saturated carbocycles. The van der Waals surface area contributed by atoms with Gasteiger partial charge in [0.1, 0.15) is 0 Å².